The van der Waals surface area contributed by atoms with E-state index in [9.17, 15) is 4.79 Å². The molecule has 0 aliphatic heterocycles. The Labute approximate surface area is 141 Å². The molecule has 0 fully saturated rings. The second-order valence-corrected chi connectivity index (χ2v) is 5.35. The van der Waals surface area contributed by atoms with Crippen LogP contribution >= 0.6 is 12.4 Å². The van der Waals surface area contributed by atoms with E-state index in [1.165, 1.54) is 18.4 Å². The van der Waals surface area contributed by atoms with Crippen LogP contribution in [0.4, 0.5) is 0 Å². The number of nitrogens with zero attached hydrogens (tertiary/aromatic N) is 1. The summed E-state index contributed by atoms with van der Waals surface area (Å²) in [7, 11) is 1.77. The van der Waals surface area contributed by atoms with Crippen LogP contribution in [0.3, 0.4) is 0 Å². The van der Waals surface area contributed by atoms with E-state index in [1.54, 1.807) is 7.05 Å². The van der Waals surface area contributed by atoms with Gasteiger partial charge < -0.3 is 10.6 Å². The Morgan fingerprint density at radius 3 is 2.59 bits per heavy atom. The molecule has 0 atom stereocenters. The normalized spacial score (nSPS) is 10.4. The van der Waals surface area contributed by atoms with Gasteiger partial charge >= 0.3 is 0 Å². The van der Waals surface area contributed by atoms with Gasteiger partial charge in [0.1, 0.15) is 0 Å². The van der Waals surface area contributed by atoms with Crippen molar-refractivity contribution in [3.05, 3.63) is 35.4 Å². The molecule has 0 aliphatic carbocycles. The van der Waals surface area contributed by atoms with Crippen LogP contribution < -0.4 is 10.6 Å². The van der Waals surface area contributed by atoms with Crippen molar-refractivity contribution in [3.63, 3.8) is 0 Å². The molecule has 0 saturated heterocycles. The Bertz CT molecular complexity index is 426. The third-order valence-corrected chi connectivity index (χ3v) is 3.50. The van der Waals surface area contributed by atoms with Gasteiger partial charge in [-0.05, 0) is 37.7 Å². The van der Waals surface area contributed by atoms with E-state index in [0.29, 0.717) is 13.1 Å². The zero-order valence-electron chi connectivity index (χ0n) is 14.0. The monoisotopic (exact) mass is 327 g/mol. The lowest BCUT2D eigenvalue weighted by atomic mass is 10.1. The molecule has 0 aromatic heterocycles. The standard InChI is InChI=1S/C17H29N3O.ClH/c1-4-6-10-20(5-2)14-16-9-7-8-15(11-16)12-19-17(21)13-18-3;/h7-9,11,18H,4-6,10,12-14H2,1-3H3,(H,19,21);1H. The lowest BCUT2D eigenvalue weighted by Crippen LogP contribution is -2.31. The van der Waals surface area contributed by atoms with Gasteiger partial charge in [-0.1, -0.05) is 44.5 Å². The van der Waals surface area contributed by atoms with Gasteiger partial charge in [0.2, 0.25) is 5.91 Å². The van der Waals surface area contributed by atoms with Gasteiger partial charge in [0.05, 0.1) is 6.54 Å². The third kappa shape index (κ3) is 8.37. The molecule has 1 rings (SSSR count). The maximum atomic E-state index is 11.5. The highest BCUT2D eigenvalue weighted by molar-refractivity contribution is 5.85. The van der Waals surface area contributed by atoms with E-state index in [2.05, 4.69) is 53.6 Å². The maximum Gasteiger partial charge on any atom is 0.234 e. The number of carbonyl (C=O) groups is 1. The van der Waals surface area contributed by atoms with Crippen LogP contribution in [-0.2, 0) is 17.9 Å². The highest BCUT2D eigenvalue weighted by Gasteiger charge is 2.05. The van der Waals surface area contributed by atoms with Crippen molar-refractivity contribution in [1.29, 1.82) is 0 Å². The van der Waals surface area contributed by atoms with Crippen molar-refractivity contribution in [2.24, 2.45) is 0 Å². The van der Waals surface area contributed by atoms with Crippen LogP contribution in [0.5, 0.6) is 0 Å². The molecule has 126 valence electrons. The molecule has 0 bridgehead atoms. The SMILES string of the molecule is CCCCN(CC)Cc1cccc(CNC(=O)CNC)c1.Cl. The number of hydrogen-bond acceptors (Lipinski definition) is 3. The Morgan fingerprint density at radius 1 is 1.23 bits per heavy atom. The Morgan fingerprint density at radius 2 is 1.95 bits per heavy atom. The van der Waals surface area contributed by atoms with Crippen LogP contribution in [0, 0.1) is 0 Å². The van der Waals surface area contributed by atoms with Crippen molar-refractivity contribution < 1.29 is 4.79 Å². The van der Waals surface area contributed by atoms with Crippen LogP contribution in [0.25, 0.3) is 0 Å². The van der Waals surface area contributed by atoms with Gasteiger partial charge in [0, 0.05) is 13.1 Å². The van der Waals surface area contributed by atoms with Crippen LogP contribution in [0.15, 0.2) is 24.3 Å². The van der Waals surface area contributed by atoms with E-state index in [0.717, 1.165) is 25.2 Å². The molecular formula is C17H30ClN3O. The molecule has 0 unspecified atom stereocenters. The van der Waals surface area contributed by atoms with Crippen LogP contribution in [0.2, 0.25) is 0 Å². The Balaban J connectivity index is 0.00000441. The molecule has 4 nitrogen and oxygen atoms in total. The van der Waals surface area contributed by atoms with Gasteiger partial charge in [0.25, 0.3) is 0 Å². The first-order valence-electron chi connectivity index (χ1n) is 7.91. The van der Waals surface area contributed by atoms with Gasteiger partial charge in [-0.25, -0.2) is 0 Å². The third-order valence-electron chi connectivity index (χ3n) is 3.50. The number of halogens is 1. The van der Waals surface area contributed by atoms with Crippen molar-refractivity contribution in [2.75, 3.05) is 26.7 Å². The molecule has 2 N–H and O–H groups in total. The summed E-state index contributed by atoms with van der Waals surface area (Å²) >= 11 is 0. The number of nitrogens with one attached hydrogen (secondary N) is 2. The molecular weight excluding hydrogens is 298 g/mol. The summed E-state index contributed by atoms with van der Waals surface area (Å²) in [6.07, 6.45) is 2.47. The summed E-state index contributed by atoms with van der Waals surface area (Å²) in [5.41, 5.74) is 2.47. The number of carbonyl (C=O) groups excluding carboxylic acids is 1. The lowest BCUT2D eigenvalue weighted by Gasteiger charge is -2.20. The highest BCUT2D eigenvalue weighted by atomic mass is 35.5. The number of unbranched alkanes of at least 4 members (excludes halogenated alkanes) is 1. The molecule has 1 aromatic rings. The summed E-state index contributed by atoms with van der Waals surface area (Å²) in [5, 5.41) is 5.76. The fourth-order valence-corrected chi connectivity index (χ4v) is 2.25. The minimum atomic E-state index is 0. The van der Waals surface area contributed by atoms with E-state index >= 15 is 0 Å². The van der Waals surface area contributed by atoms with Gasteiger partial charge in [-0.3, -0.25) is 9.69 Å². The van der Waals surface area contributed by atoms with Crippen molar-refractivity contribution >= 4 is 18.3 Å². The molecule has 1 amide bonds. The Hall–Kier alpha value is -1.10. The molecule has 22 heavy (non-hydrogen) atoms. The first kappa shape index (κ1) is 20.9. The maximum absolute atomic E-state index is 11.5. The fourth-order valence-electron chi connectivity index (χ4n) is 2.25. The summed E-state index contributed by atoms with van der Waals surface area (Å²) in [6, 6.07) is 8.48. The van der Waals surface area contributed by atoms with Gasteiger partial charge in [0.15, 0.2) is 0 Å². The van der Waals surface area contributed by atoms with E-state index < -0.39 is 0 Å². The minimum absolute atomic E-state index is 0. The van der Waals surface area contributed by atoms with Crippen LogP contribution in [-0.4, -0.2) is 37.5 Å². The summed E-state index contributed by atoms with van der Waals surface area (Å²) < 4.78 is 0. The Kier molecular flexibility index (Phi) is 11.8. The molecule has 0 spiro atoms. The summed E-state index contributed by atoms with van der Waals surface area (Å²) in [5.74, 6) is 0.0287. The van der Waals surface area contributed by atoms with E-state index in [4.69, 9.17) is 0 Å². The zero-order chi connectivity index (χ0) is 15.5. The van der Waals surface area contributed by atoms with Crippen molar-refractivity contribution in [1.82, 2.24) is 15.5 Å². The predicted octanol–water partition coefficient (Wildman–Crippen LogP) is 2.57. The highest BCUT2D eigenvalue weighted by Crippen LogP contribution is 2.09. The molecule has 0 saturated carbocycles. The summed E-state index contributed by atoms with van der Waals surface area (Å²) in [4.78, 5) is 13.9. The average molecular weight is 328 g/mol. The van der Waals surface area contributed by atoms with Crippen LogP contribution in [0.1, 0.15) is 37.8 Å². The second-order valence-electron chi connectivity index (χ2n) is 5.35. The quantitative estimate of drug-likeness (QED) is 0.694. The number of hydrogen-bond donors (Lipinski definition) is 2. The first-order chi connectivity index (χ1) is 10.2. The molecule has 5 heteroatoms. The molecule has 0 radical (unpaired) electrons. The minimum Gasteiger partial charge on any atom is -0.351 e. The zero-order valence-corrected chi connectivity index (χ0v) is 14.8. The van der Waals surface area contributed by atoms with Gasteiger partial charge in [-0.2, -0.15) is 0 Å². The van der Waals surface area contributed by atoms with Crippen molar-refractivity contribution in [3.8, 4) is 0 Å². The smallest absolute Gasteiger partial charge is 0.234 e. The van der Waals surface area contributed by atoms with E-state index in [-0.39, 0.29) is 18.3 Å². The van der Waals surface area contributed by atoms with E-state index in [1.807, 2.05) is 0 Å². The van der Waals surface area contributed by atoms with Crippen molar-refractivity contribution in [2.45, 2.75) is 39.8 Å². The number of amides is 1. The van der Waals surface area contributed by atoms with Gasteiger partial charge in [-0.15, -0.1) is 12.4 Å². The fraction of sp³-hybridized carbons (Fsp3) is 0.588. The number of benzene rings is 1. The average Bonchev–Trinajstić information content (AvgIpc) is 2.50. The number of rotatable bonds is 10. The largest absolute Gasteiger partial charge is 0.351 e. The number of likely N-dealkylation sites (N-methyl/N-ethyl adjacent to an activating group) is 1. The first-order valence-corrected chi connectivity index (χ1v) is 7.91. The predicted molar refractivity (Wildman–Crippen MR) is 95.3 cm³/mol. The topological polar surface area (TPSA) is 44.4 Å². The summed E-state index contributed by atoms with van der Waals surface area (Å²) in [6.45, 7) is 8.59. The molecule has 1 aromatic carbocycles. The second kappa shape index (κ2) is 12.4. The lowest BCUT2D eigenvalue weighted by molar-refractivity contribution is -0.120. The molecule has 0 aliphatic rings. The molecule has 0 heterocycles.